The first-order valence-electron chi connectivity index (χ1n) is 12.7. The number of hydrogen-bond donors (Lipinski definition) is 1. The van der Waals surface area contributed by atoms with Gasteiger partial charge in [0.1, 0.15) is 18.3 Å². The lowest BCUT2D eigenvalue weighted by molar-refractivity contribution is -0.140. The monoisotopic (exact) mass is 571 g/mol. The fourth-order valence-corrected chi connectivity index (χ4v) is 5.71. The van der Waals surface area contributed by atoms with Gasteiger partial charge in [-0.1, -0.05) is 67.9 Å². The topological polar surface area (TPSA) is 96.0 Å². The van der Waals surface area contributed by atoms with Crippen LogP contribution in [0.2, 0.25) is 5.02 Å². The van der Waals surface area contributed by atoms with E-state index in [1.54, 1.807) is 66.7 Å². The fraction of sp³-hybridized carbons (Fsp3) is 0.310. The first-order valence-corrected chi connectivity index (χ1v) is 14.6. The minimum atomic E-state index is -4.17. The Hall–Kier alpha value is -3.56. The molecule has 0 bridgehead atoms. The standard InChI is InChI=1S/C29H34ClN3O5S/c1-4-19-31-29(35)25(5-2)32(20-22-15-17-23(30)18-16-22)28(34)21-33(26-13-9-10-14-27(26)38-3)39(36,37)24-11-7-6-8-12-24/h6-18,25H,4-5,19-21H2,1-3H3,(H,31,35)/t25-/m1/s1. The second kappa shape index (κ2) is 14.0. The normalized spacial score (nSPS) is 11.9. The molecule has 0 spiro atoms. The van der Waals surface area contributed by atoms with Crippen molar-refractivity contribution in [3.63, 3.8) is 0 Å². The number of halogens is 1. The Bertz CT molecular complexity index is 1350. The summed E-state index contributed by atoms with van der Waals surface area (Å²) in [6.45, 7) is 3.78. The molecule has 39 heavy (non-hydrogen) atoms. The van der Waals surface area contributed by atoms with Crippen molar-refractivity contribution in [3.05, 3.63) is 89.4 Å². The van der Waals surface area contributed by atoms with Crippen molar-refractivity contribution >= 4 is 39.1 Å². The predicted molar refractivity (Wildman–Crippen MR) is 153 cm³/mol. The highest BCUT2D eigenvalue weighted by Gasteiger charge is 2.34. The Kier molecular flexibility index (Phi) is 10.8. The van der Waals surface area contributed by atoms with Crippen LogP contribution in [0.1, 0.15) is 32.3 Å². The van der Waals surface area contributed by atoms with E-state index in [1.807, 2.05) is 13.8 Å². The van der Waals surface area contributed by atoms with Crippen LogP contribution >= 0.6 is 11.6 Å². The molecule has 3 rings (SSSR count). The SMILES string of the molecule is CCCNC(=O)[C@@H](CC)N(Cc1ccc(Cl)cc1)C(=O)CN(c1ccccc1OC)S(=O)(=O)c1ccccc1. The van der Waals surface area contributed by atoms with Crippen molar-refractivity contribution in [2.45, 2.75) is 44.2 Å². The van der Waals surface area contributed by atoms with Gasteiger partial charge in [0, 0.05) is 18.1 Å². The molecular weight excluding hydrogens is 538 g/mol. The number of ether oxygens (including phenoxy) is 1. The largest absolute Gasteiger partial charge is 0.495 e. The number of nitrogens with one attached hydrogen (secondary N) is 1. The molecule has 0 saturated carbocycles. The molecule has 3 aromatic carbocycles. The molecule has 0 radical (unpaired) electrons. The first kappa shape index (κ1) is 30.0. The van der Waals surface area contributed by atoms with Gasteiger partial charge in [-0.05, 0) is 54.8 Å². The number of para-hydroxylation sites is 2. The molecule has 0 aliphatic heterocycles. The van der Waals surface area contributed by atoms with Crippen molar-refractivity contribution in [1.82, 2.24) is 10.2 Å². The van der Waals surface area contributed by atoms with E-state index in [1.165, 1.54) is 24.1 Å². The second-order valence-electron chi connectivity index (χ2n) is 8.86. The van der Waals surface area contributed by atoms with Crippen LogP contribution in [0, 0.1) is 0 Å². The van der Waals surface area contributed by atoms with Crippen LogP contribution < -0.4 is 14.4 Å². The van der Waals surface area contributed by atoms with E-state index in [2.05, 4.69) is 5.32 Å². The van der Waals surface area contributed by atoms with Gasteiger partial charge in [-0.15, -0.1) is 0 Å². The lowest BCUT2D eigenvalue weighted by atomic mass is 10.1. The summed E-state index contributed by atoms with van der Waals surface area (Å²) in [7, 11) is -2.74. The number of amides is 2. The summed E-state index contributed by atoms with van der Waals surface area (Å²) in [5.74, 6) is -0.535. The van der Waals surface area contributed by atoms with Gasteiger partial charge in [0.15, 0.2) is 0 Å². The van der Waals surface area contributed by atoms with Gasteiger partial charge in [0.2, 0.25) is 11.8 Å². The smallest absolute Gasteiger partial charge is 0.264 e. The zero-order valence-corrected chi connectivity index (χ0v) is 23.9. The Morgan fingerprint density at radius 1 is 0.949 bits per heavy atom. The number of rotatable bonds is 13. The van der Waals surface area contributed by atoms with Crippen LogP contribution in [0.4, 0.5) is 5.69 Å². The number of anilines is 1. The molecule has 2 amide bonds. The van der Waals surface area contributed by atoms with E-state index < -0.39 is 28.5 Å². The number of hydrogen-bond acceptors (Lipinski definition) is 5. The van der Waals surface area contributed by atoms with Crippen LogP contribution in [0.5, 0.6) is 5.75 Å². The fourth-order valence-electron chi connectivity index (χ4n) is 4.14. The van der Waals surface area contributed by atoms with Crippen molar-refractivity contribution in [2.24, 2.45) is 0 Å². The average Bonchev–Trinajstić information content (AvgIpc) is 2.95. The molecular formula is C29H34ClN3O5S. The van der Waals surface area contributed by atoms with Crippen molar-refractivity contribution in [1.29, 1.82) is 0 Å². The number of nitrogens with zero attached hydrogens (tertiary/aromatic N) is 2. The van der Waals surface area contributed by atoms with Gasteiger partial charge in [0.05, 0.1) is 17.7 Å². The molecule has 10 heteroatoms. The van der Waals surface area contributed by atoms with Crippen LogP contribution in [0.25, 0.3) is 0 Å². The molecule has 208 valence electrons. The molecule has 3 aromatic rings. The van der Waals surface area contributed by atoms with Crippen molar-refractivity contribution in [2.75, 3.05) is 24.5 Å². The zero-order valence-electron chi connectivity index (χ0n) is 22.3. The summed E-state index contributed by atoms with van der Waals surface area (Å²) in [4.78, 5) is 28.6. The highest BCUT2D eigenvalue weighted by atomic mass is 35.5. The molecule has 0 unspecified atom stereocenters. The maximum absolute atomic E-state index is 14.0. The first-order chi connectivity index (χ1) is 18.7. The molecule has 1 atom stereocenters. The van der Waals surface area contributed by atoms with E-state index in [4.69, 9.17) is 16.3 Å². The maximum atomic E-state index is 14.0. The number of carbonyl (C=O) groups is 2. The van der Waals surface area contributed by atoms with Gasteiger partial charge >= 0.3 is 0 Å². The van der Waals surface area contributed by atoms with Crippen LogP contribution in [-0.4, -0.2) is 51.4 Å². The Morgan fingerprint density at radius 3 is 2.21 bits per heavy atom. The summed E-state index contributed by atoms with van der Waals surface area (Å²) < 4.78 is 34.2. The maximum Gasteiger partial charge on any atom is 0.264 e. The molecule has 0 saturated heterocycles. The van der Waals surface area contributed by atoms with E-state index >= 15 is 0 Å². The van der Waals surface area contributed by atoms with E-state index in [0.717, 1.165) is 16.3 Å². The molecule has 1 N–H and O–H groups in total. The van der Waals surface area contributed by atoms with E-state index in [9.17, 15) is 18.0 Å². The third kappa shape index (κ3) is 7.52. The zero-order chi connectivity index (χ0) is 28.4. The molecule has 0 heterocycles. The number of carbonyl (C=O) groups excluding carboxylic acids is 2. The predicted octanol–water partition coefficient (Wildman–Crippen LogP) is 4.88. The van der Waals surface area contributed by atoms with Gasteiger partial charge in [-0.2, -0.15) is 0 Å². The third-order valence-corrected chi connectivity index (χ3v) is 8.19. The molecule has 0 aliphatic rings. The summed E-state index contributed by atoms with van der Waals surface area (Å²) in [5.41, 5.74) is 0.969. The van der Waals surface area contributed by atoms with Crippen LogP contribution in [0.15, 0.2) is 83.8 Å². The molecule has 0 aromatic heterocycles. The van der Waals surface area contributed by atoms with Gasteiger partial charge in [-0.3, -0.25) is 13.9 Å². The minimum Gasteiger partial charge on any atom is -0.495 e. The summed E-state index contributed by atoms with van der Waals surface area (Å²) in [6.07, 6.45) is 1.08. The van der Waals surface area contributed by atoms with Crippen molar-refractivity contribution in [3.8, 4) is 5.75 Å². The van der Waals surface area contributed by atoms with Crippen LogP contribution in [0.3, 0.4) is 0 Å². The summed E-state index contributed by atoms with van der Waals surface area (Å²) >= 11 is 6.05. The Morgan fingerprint density at radius 2 is 1.59 bits per heavy atom. The van der Waals surface area contributed by atoms with E-state index in [0.29, 0.717) is 23.7 Å². The average molecular weight is 572 g/mol. The molecule has 0 aliphatic carbocycles. The second-order valence-corrected chi connectivity index (χ2v) is 11.2. The van der Waals surface area contributed by atoms with Gasteiger partial charge < -0.3 is 15.0 Å². The lowest BCUT2D eigenvalue weighted by Gasteiger charge is -2.33. The Labute approximate surface area is 235 Å². The third-order valence-electron chi connectivity index (χ3n) is 6.17. The van der Waals surface area contributed by atoms with E-state index in [-0.39, 0.29) is 23.0 Å². The molecule has 8 nitrogen and oxygen atoms in total. The number of methoxy groups -OCH3 is 1. The highest BCUT2D eigenvalue weighted by molar-refractivity contribution is 7.92. The van der Waals surface area contributed by atoms with Gasteiger partial charge in [-0.25, -0.2) is 8.42 Å². The number of sulfonamides is 1. The number of benzene rings is 3. The van der Waals surface area contributed by atoms with Crippen molar-refractivity contribution < 1.29 is 22.7 Å². The lowest BCUT2D eigenvalue weighted by Crippen LogP contribution is -2.52. The Balaban J connectivity index is 2.07. The van der Waals surface area contributed by atoms with Crippen LogP contribution in [-0.2, 0) is 26.2 Å². The van der Waals surface area contributed by atoms with Gasteiger partial charge in [0.25, 0.3) is 10.0 Å². The quantitative estimate of drug-likeness (QED) is 0.315. The minimum absolute atomic E-state index is 0.0284. The summed E-state index contributed by atoms with van der Waals surface area (Å²) in [5, 5.41) is 3.41. The highest BCUT2D eigenvalue weighted by Crippen LogP contribution is 2.32. The summed E-state index contributed by atoms with van der Waals surface area (Å²) in [6, 6.07) is 20.7. The molecule has 0 fully saturated rings.